The number of hydrogen-bond acceptors (Lipinski definition) is 4. The van der Waals surface area contributed by atoms with Gasteiger partial charge in [-0.1, -0.05) is 11.6 Å². The average molecular weight is 230 g/mol. The van der Waals surface area contributed by atoms with E-state index in [0.29, 0.717) is 6.61 Å². The van der Waals surface area contributed by atoms with E-state index in [1.807, 2.05) is 0 Å². The minimum Gasteiger partial charge on any atom is -0.352 e. The maximum atomic E-state index is 10.6. The largest absolute Gasteiger partial charge is 0.352 e. The molecular weight excluding hydrogens is 222 g/mol. The molecule has 80 valence electrons. The standard InChI is InChI=1S/C9H8ClNO4/c1-14-9-6-3-7(10)8(11(12)13)2-5(6)4-15-9/h2-3,9H,4H2,1H3. The maximum absolute atomic E-state index is 10.6. The number of halogens is 1. The predicted octanol–water partition coefficient (Wildman–Crippen LogP) is 2.42. The minimum atomic E-state index is -0.511. The van der Waals surface area contributed by atoms with E-state index in [9.17, 15) is 10.1 Å². The fourth-order valence-electron chi connectivity index (χ4n) is 1.56. The summed E-state index contributed by atoms with van der Waals surface area (Å²) >= 11 is 5.77. The Kier molecular flexibility index (Phi) is 2.60. The fourth-order valence-corrected chi connectivity index (χ4v) is 1.80. The maximum Gasteiger partial charge on any atom is 0.288 e. The van der Waals surface area contributed by atoms with E-state index in [-0.39, 0.29) is 10.7 Å². The van der Waals surface area contributed by atoms with Crippen molar-refractivity contribution in [3.05, 3.63) is 38.4 Å². The summed E-state index contributed by atoms with van der Waals surface area (Å²) in [5.74, 6) is 0. The van der Waals surface area contributed by atoms with Gasteiger partial charge in [0.2, 0.25) is 0 Å². The van der Waals surface area contributed by atoms with Crippen molar-refractivity contribution in [2.75, 3.05) is 7.11 Å². The van der Waals surface area contributed by atoms with Crippen LogP contribution in [0.2, 0.25) is 5.02 Å². The molecule has 0 N–H and O–H groups in total. The molecule has 1 aromatic rings. The number of benzene rings is 1. The normalized spacial score (nSPS) is 18.9. The van der Waals surface area contributed by atoms with Crippen LogP contribution in [0.4, 0.5) is 5.69 Å². The molecule has 0 aliphatic carbocycles. The zero-order valence-electron chi connectivity index (χ0n) is 7.90. The monoisotopic (exact) mass is 229 g/mol. The summed E-state index contributed by atoms with van der Waals surface area (Å²) in [4.78, 5) is 10.1. The van der Waals surface area contributed by atoms with Gasteiger partial charge in [0.25, 0.3) is 5.69 Å². The van der Waals surface area contributed by atoms with Crippen LogP contribution in [0.3, 0.4) is 0 Å². The van der Waals surface area contributed by atoms with E-state index in [0.717, 1.165) is 11.1 Å². The fraction of sp³-hybridized carbons (Fsp3) is 0.333. The van der Waals surface area contributed by atoms with Crippen LogP contribution in [0.25, 0.3) is 0 Å². The number of nitro groups is 1. The highest BCUT2D eigenvalue weighted by Crippen LogP contribution is 2.37. The van der Waals surface area contributed by atoms with Gasteiger partial charge in [-0.05, 0) is 11.6 Å². The van der Waals surface area contributed by atoms with Crippen LogP contribution in [-0.4, -0.2) is 12.0 Å². The molecule has 1 aliphatic heterocycles. The van der Waals surface area contributed by atoms with Gasteiger partial charge in [0.15, 0.2) is 6.29 Å². The van der Waals surface area contributed by atoms with E-state index in [1.165, 1.54) is 19.2 Å². The third-order valence-electron chi connectivity index (χ3n) is 2.26. The van der Waals surface area contributed by atoms with Gasteiger partial charge in [-0.2, -0.15) is 0 Å². The van der Waals surface area contributed by atoms with Crippen LogP contribution in [-0.2, 0) is 16.1 Å². The Morgan fingerprint density at radius 3 is 3.00 bits per heavy atom. The van der Waals surface area contributed by atoms with Crippen molar-refractivity contribution < 1.29 is 14.4 Å². The number of nitrogens with zero attached hydrogens (tertiary/aromatic N) is 1. The number of ether oxygens (including phenoxy) is 2. The van der Waals surface area contributed by atoms with Crippen molar-refractivity contribution in [3.63, 3.8) is 0 Å². The molecule has 1 atom stereocenters. The third kappa shape index (κ3) is 1.69. The quantitative estimate of drug-likeness (QED) is 0.577. The first kappa shape index (κ1) is 10.4. The van der Waals surface area contributed by atoms with Crippen molar-refractivity contribution >= 4 is 17.3 Å². The second-order valence-electron chi connectivity index (χ2n) is 3.14. The Hall–Kier alpha value is -1.17. The smallest absolute Gasteiger partial charge is 0.288 e. The number of fused-ring (bicyclic) bond motifs is 1. The van der Waals surface area contributed by atoms with Gasteiger partial charge in [0.05, 0.1) is 11.5 Å². The van der Waals surface area contributed by atoms with Gasteiger partial charge < -0.3 is 9.47 Å². The summed E-state index contributed by atoms with van der Waals surface area (Å²) in [6.07, 6.45) is -0.474. The Labute approximate surface area is 90.7 Å². The van der Waals surface area contributed by atoms with E-state index >= 15 is 0 Å². The van der Waals surface area contributed by atoms with Crippen molar-refractivity contribution in [1.29, 1.82) is 0 Å². The Balaban J connectivity index is 2.49. The molecule has 0 saturated carbocycles. The lowest BCUT2D eigenvalue weighted by atomic mass is 10.1. The molecule has 1 heterocycles. The van der Waals surface area contributed by atoms with E-state index < -0.39 is 11.2 Å². The molecule has 6 heteroatoms. The summed E-state index contributed by atoms with van der Waals surface area (Å²) in [6.45, 7) is 0.311. The molecule has 0 saturated heterocycles. The summed E-state index contributed by atoms with van der Waals surface area (Å²) < 4.78 is 10.3. The molecule has 1 aliphatic rings. The Morgan fingerprint density at radius 1 is 1.67 bits per heavy atom. The van der Waals surface area contributed by atoms with E-state index in [4.69, 9.17) is 21.1 Å². The molecular formula is C9H8ClNO4. The SMILES string of the molecule is COC1OCc2cc([N+](=O)[O-])c(Cl)cc21. The molecule has 0 fully saturated rings. The molecule has 0 radical (unpaired) electrons. The lowest BCUT2D eigenvalue weighted by Crippen LogP contribution is -1.98. The van der Waals surface area contributed by atoms with Crippen molar-refractivity contribution in [1.82, 2.24) is 0 Å². The van der Waals surface area contributed by atoms with Gasteiger partial charge >= 0.3 is 0 Å². The zero-order chi connectivity index (χ0) is 11.0. The van der Waals surface area contributed by atoms with Gasteiger partial charge in [-0.25, -0.2) is 0 Å². The summed E-state index contributed by atoms with van der Waals surface area (Å²) in [5.41, 5.74) is 1.40. The second kappa shape index (κ2) is 3.77. The Morgan fingerprint density at radius 2 is 2.40 bits per heavy atom. The average Bonchev–Trinajstić information content (AvgIpc) is 2.58. The van der Waals surface area contributed by atoms with Crippen LogP contribution in [0.1, 0.15) is 17.4 Å². The summed E-state index contributed by atoms with van der Waals surface area (Å²) in [5, 5.41) is 10.7. The van der Waals surface area contributed by atoms with Gasteiger partial charge in [-0.15, -0.1) is 0 Å². The molecule has 1 aromatic carbocycles. The van der Waals surface area contributed by atoms with E-state index in [1.54, 1.807) is 0 Å². The van der Waals surface area contributed by atoms with Gasteiger partial charge in [0, 0.05) is 18.7 Å². The zero-order valence-corrected chi connectivity index (χ0v) is 8.65. The van der Waals surface area contributed by atoms with Crippen molar-refractivity contribution in [2.45, 2.75) is 12.9 Å². The number of rotatable bonds is 2. The van der Waals surface area contributed by atoms with Crippen LogP contribution in [0.5, 0.6) is 0 Å². The van der Waals surface area contributed by atoms with Crippen LogP contribution < -0.4 is 0 Å². The Bertz CT molecular complexity index is 421. The first-order valence-electron chi connectivity index (χ1n) is 4.24. The lowest BCUT2D eigenvalue weighted by Gasteiger charge is -2.07. The lowest BCUT2D eigenvalue weighted by molar-refractivity contribution is -0.384. The first-order chi connectivity index (χ1) is 7.13. The van der Waals surface area contributed by atoms with E-state index in [2.05, 4.69) is 0 Å². The number of nitro benzene ring substituents is 1. The molecule has 0 bridgehead atoms. The van der Waals surface area contributed by atoms with Crippen molar-refractivity contribution in [2.24, 2.45) is 0 Å². The van der Waals surface area contributed by atoms with Gasteiger partial charge in [-0.3, -0.25) is 10.1 Å². The first-order valence-corrected chi connectivity index (χ1v) is 4.62. The van der Waals surface area contributed by atoms with Crippen LogP contribution in [0, 0.1) is 10.1 Å². The molecule has 1 unspecified atom stereocenters. The second-order valence-corrected chi connectivity index (χ2v) is 3.55. The van der Waals surface area contributed by atoms with Crippen molar-refractivity contribution in [3.8, 4) is 0 Å². The molecule has 2 rings (SSSR count). The highest BCUT2D eigenvalue weighted by Gasteiger charge is 2.27. The molecule has 5 nitrogen and oxygen atoms in total. The predicted molar refractivity (Wildman–Crippen MR) is 52.6 cm³/mol. The van der Waals surface area contributed by atoms with Crippen LogP contribution >= 0.6 is 11.6 Å². The molecule has 0 spiro atoms. The summed E-state index contributed by atoms with van der Waals surface area (Å²) in [7, 11) is 1.51. The van der Waals surface area contributed by atoms with Crippen LogP contribution in [0.15, 0.2) is 12.1 Å². The number of methoxy groups -OCH3 is 1. The minimum absolute atomic E-state index is 0.101. The molecule has 0 amide bonds. The number of hydrogen-bond donors (Lipinski definition) is 0. The van der Waals surface area contributed by atoms with Gasteiger partial charge in [0.1, 0.15) is 5.02 Å². The third-order valence-corrected chi connectivity index (χ3v) is 2.57. The molecule has 0 aromatic heterocycles. The highest BCUT2D eigenvalue weighted by molar-refractivity contribution is 6.32. The molecule has 15 heavy (non-hydrogen) atoms. The topological polar surface area (TPSA) is 61.6 Å². The highest BCUT2D eigenvalue weighted by atomic mass is 35.5. The summed E-state index contributed by atoms with van der Waals surface area (Å²) in [6, 6.07) is 2.95.